The molecule has 1 amide bonds. The largest absolute Gasteiger partial charge is 0.392 e. The smallest absolute Gasteiger partial charge is 0.226 e. The van der Waals surface area contributed by atoms with Crippen LogP contribution in [0, 0.1) is 11.3 Å². The van der Waals surface area contributed by atoms with E-state index in [0.29, 0.717) is 17.4 Å². The van der Waals surface area contributed by atoms with Crippen LogP contribution in [0.15, 0.2) is 0 Å². The Kier molecular flexibility index (Phi) is 4.76. The van der Waals surface area contributed by atoms with Crippen LogP contribution in [0.5, 0.6) is 0 Å². The third-order valence-corrected chi connectivity index (χ3v) is 5.97. The van der Waals surface area contributed by atoms with Crippen molar-refractivity contribution in [2.75, 3.05) is 39.3 Å². The van der Waals surface area contributed by atoms with E-state index in [1.807, 2.05) is 6.92 Å². The molecule has 2 saturated heterocycles. The van der Waals surface area contributed by atoms with E-state index in [2.05, 4.69) is 22.0 Å². The standard InChI is InChI=1S/C17H31N3O2/c1-3-14-12-20(9-8-19(14)11-13(2)21)16(22)15-10-17(15)4-6-18-7-5-17/h13-15,18,21H,3-12H2,1-2H3. The van der Waals surface area contributed by atoms with Crippen molar-refractivity contribution in [3.8, 4) is 0 Å². The van der Waals surface area contributed by atoms with Crippen LogP contribution in [0.3, 0.4) is 0 Å². The fraction of sp³-hybridized carbons (Fsp3) is 0.941. The van der Waals surface area contributed by atoms with Gasteiger partial charge in [-0.2, -0.15) is 0 Å². The van der Waals surface area contributed by atoms with Crippen LogP contribution < -0.4 is 5.32 Å². The molecule has 3 rings (SSSR count). The summed E-state index contributed by atoms with van der Waals surface area (Å²) in [5.41, 5.74) is 0.334. The first-order valence-electron chi connectivity index (χ1n) is 8.97. The Morgan fingerprint density at radius 2 is 2.09 bits per heavy atom. The molecule has 5 heteroatoms. The van der Waals surface area contributed by atoms with Gasteiger partial charge in [-0.25, -0.2) is 0 Å². The summed E-state index contributed by atoms with van der Waals surface area (Å²) in [5.74, 6) is 0.687. The van der Waals surface area contributed by atoms with Gasteiger partial charge in [0, 0.05) is 38.1 Å². The van der Waals surface area contributed by atoms with Gasteiger partial charge in [0.25, 0.3) is 0 Å². The first-order chi connectivity index (χ1) is 10.6. The van der Waals surface area contributed by atoms with Crippen LogP contribution in [0.1, 0.15) is 39.5 Å². The average Bonchev–Trinajstić information content (AvgIpc) is 3.20. The number of β-amino-alcohol motifs (C(OH)–C–C–N with tert-alkyl or cyclic N) is 1. The van der Waals surface area contributed by atoms with Crippen molar-refractivity contribution in [2.45, 2.75) is 51.7 Å². The van der Waals surface area contributed by atoms with Crippen LogP contribution in [0.4, 0.5) is 0 Å². The lowest BCUT2D eigenvalue weighted by Crippen LogP contribution is -2.56. The summed E-state index contributed by atoms with van der Waals surface area (Å²) >= 11 is 0. The van der Waals surface area contributed by atoms with Crippen LogP contribution in [-0.4, -0.2) is 72.2 Å². The number of aliphatic hydroxyl groups is 1. The van der Waals surface area contributed by atoms with Crippen molar-refractivity contribution in [2.24, 2.45) is 11.3 Å². The molecule has 1 saturated carbocycles. The van der Waals surface area contributed by atoms with Crippen molar-refractivity contribution in [3.63, 3.8) is 0 Å². The predicted molar refractivity (Wildman–Crippen MR) is 86.6 cm³/mol. The third kappa shape index (κ3) is 3.17. The molecule has 3 aliphatic rings. The second kappa shape index (κ2) is 6.46. The minimum absolute atomic E-state index is 0.287. The number of amides is 1. The van der Waals surface area contributed by atoms with Gasteiger partial charge in [-0.15, -0.1) is 0 Å². The molecule has 0 radical (unpaired) electrons. The first kappa shape index (κ1) is 16.2. The molecule has 5 nitrogen and oxygen atoms in total. The van der Waals surface area contributed by atoms with Crippen LogP contribution in [0.25, 0.3) is 0 Å². The van der Waals surface area contributed by atoms with E-state index < -0.39 is 0 Å². The Morgan fingerprint density at radius 1 is 1.36 bits per heavy atom. The number of hydrogen-bond acceptors (Lipinski definition) is 4. The van der Waals surface area contributed by atoms with Crippen molar-refractivity contribution in [3.05, 3.63) is 0 Å². The Bertz CT molecular complexity index is 407. The molecule has 2 heterocycles. The van der Waals surface area contributed by atoms with Gasteiger partial charge in [-0.1, -0.05) is 6.92 Å². The zero-order valence-corrected chi connectivity index (χ0v) is 14.1. The minimum Gasteiger partial charge on any atom is -0.392 e. The van der Waals surface area contributed by atoms with Crippen LogP contribution >= 0.6 is 0 Å². The van der Waals surface area contributed by atoms with Gasteiger partial charge in [-0.3, -0.25) is 9.69 Å². The normalized spacial score (nSPS) is 33.0. The summed E-state index contributed by atoms with van der Waals surface area (Å²) in [5, 5.41) is 13.0. The lowest BCUT2D eigenvalue weighted by atomic mass is 9.91. The number of piperazine rings is 1. The summed E-state index contributed by atoms with van der Waals surface area (Å²) < 4.78 is 0. The topological polar surface area (TPSA) is 55.8 Å². The molecule has 1 aliphatic carbocycles. The number of rotatable bonds is 4. The molecule has 0 aromatic carbocycles. The molecule has 3 unspecified atom stereocenters. The molecule has 3 fully saturated rings. The Hall–Kier alpha value is -0.650. The maximum Gasteiger partial charge on any atom is 0.226 e. The quantitative estimate of drug-likeness (QED) is 0.802. The zero-order valence-electron chi connectivity index (χ0n) is 14.1. The SMILES string of the molecule is CCC1CN(C(=O)C2CC23CCNCC3)CCN1CC(C)O. The highest BCUT2D eigenvalue weighted by Crippen LogP contribution is 2.59. The lowest BCUT2D eigenvalue weighted by molar-refractivity contribution is -0.137. The fourth-order valence-corrected chi connectivity index (χ4v) is 4.45. The molecule has 2 aliphatic heterocycles. The van der Waals surface area contributed by atoms with Crippen molar-refractivity contribution >= 4 is 5.91 Å². The van der Waals surface area contributed by atoms with Gasteiger partial charge in [0.15, 0.2) is 0 Å². The van der Waals surface area contributed by atoms with Gasteiger partial charge in [0.2, 0.25) is 5.91 Å². The van der Waals surface area contributed by atoms with Crippen molar-refractivity contribution in [1.82, 2.24) is 15.1 Å². The number of nitrogens with zero attached hydrogens (tertiary/aromatic N) is 2. The molecule has 3 atom stereocenters. The molecule has 22 heavy (non-hydrogen) atoms. The number of hydrogen-bond donors (Lipinski definition) is 2. The highest BCUT2D eigenvalue weighted by atomic mass is 16.3. The number of nitrogens with one attached hydrogen (secondary N) is 1. The number of piperidine rings is 1. The molecule has 0 aromatic heterocycles. The maximum absolute atomic E-state index is 12.9. The highest BCUT2D eigenvalue weighted by Gasteiger charge is 2.58. The third-order valence-electron chi connectivity index (χ3n) is 5.97. The van der Waals surface area contributed by atoms with Gasteiger partial charge < -0.3 is 15.3 Å². The molecule has 2 N–H and O–H groups in total. The lowest BCUT2D eigenvalue weighted by Gasteiger charge is -2.42. The zero-order chi connectivity index (χ0) is 15.7. The monoisotopic (exact) mass is 309 g/mol. The van der Waals surface area contributed by atoms with E-state index in [0.717, 1.165) is 52.1 Å². The molecular weight excluding hydrogens is 278 g/mol. The summed E-state index contributed by atoms with van der Waals surface area (Å²) in [6.45, 7) is 9.46. The van der Waals surface area contributed by atoms with E-state index in [4.69, 9.17) is 0 Å². The minimum atomic E-state index is -0.294. The molecule has 0 aromatic rings. The van der Waals surface area contributed by atoms with Gasteiger partial charge >= 0.3 is 0 Å². The maximum atomic E-state index is 12.9. The summed E-state index contributed by atoms with van der Waals surface area (Å²) in [7, 11) is 0. The molecule has 126 valence electrons. The van der Waals surface area contributed by atoms with E-state index in [1.54, 1.807) is 0 Å². The molecular formula is C17H31N3O2. The average molecular weight is 309 g/mol. The van der Waals surface area contributed by atoms with Crippen LogP contribution in [0.2, 0.25) is 0 Å². The van der Waals surface area contributed by atoms with Gasteiger partial charge in [0.05, 0.1) is 6.10 Å². The number of carbonyl (C=O) groups excluding carboxylic acids is 1. The Morgan fingerprint density at radius 3 is 2.73 bits per heavy atom. The number of carbonyl (C=O) groups is 1. The van der Waals surface area contributed by atoms with Crippen molar-refractivity contribution in [1.29, 1.82) is 0 Å². The van der Waals surface area contributed by atoms with Crippen LogP contribution in [-0.2, 0) is 4.79 Å². The second-order valence-electron chi connectivity index (χ2n) is 7.56. The van der Waals surface area contributed by atoms with E-state index in [1.165, 1.54) is 12.8 Å². The summed E-state index contributed by atoms with van der Waals surface area (Å²) in [6.07, 6.45) is 4.19. The Balaban J connectivity index is 1.56. The summed E-state index contributed by atoms with van der Waals surface area (Å²) in [4.78, 5) is 17.3. The van der Waals surface area contributed by atoms with E-state index in [-0.39, 0.29) is 12.0 Å². The molecule has 0 bridgehead atoms. The van der Waals surface area contributed by atoms with Gasteiger partial charge in [0.1, 0.15) is 0 Å². The highest BCUT2D eigenvalue weighted by molar-refractivity contribution is 5.83. The molecule has 1 spiro atoms. The van der Waals surface area contributed by atoms with E-state index >= 15 is 0 Å². The predicted octanol–water partition coefficient (Wildman–Crippen LogP) is 0.680. The second-order valence-corrected chi connectivity index (χ2v) is 7.56. The first-order valence-corrected chi connectivity index (χ1v) is 8.97. The van der Waals surface area contributed by atoms with Gasteiger partial charge in [-0.05, 0) is 51.1 Å². The summed E-state index contributed by atoms with van der Waals surface area (Å²) in [6, 6.07) is 0.398. The Labute approximate surface area is 134 Å². The fourth-order valence-electron chi connectivity index (χ4n) is 4.45. The van der Waals surface area contributed by atoms with E-state index in [9.17, 15) is 9.90 Å². The van der Waals surface area contributed by atoms with Crippen molar-refractivity contribution < 1.29 is 9.90 Å². The number of aliphatic hydroxyl groups excluding tert-OH is 1.